The Labute approximate surface area is 354 Å². The summed E-state index contributed by atoms with van der Waals surface area (Å²) >= 11 is 6.64. The van der Waals surface area contributed by atoms with Crippen LogP contribution in [0.4, 0.5) is 37.6 Å². The average Bonchev–Trinajstić information content (AvgIpc) is 4.13. The molecule has 5 atom stereocenters. The summed E-state index contributed by atoms with van der Waals surface area (Å²) in [6.45, 7) is 5.61. The molecule has 3 saturated heterocycles. The van der Waals surface area contributed by atoms with E-state index in [1.165, 1.54) is 4.57 Å². The first-order chi connectivity index (χ1) is 29.4. The fourth-order valence-electron chi connectivity index (χ4n) is 10.4. The second kappa shape index (κ2) is 14.3. The number of anilines is 5. The summed E-state index contributed by atoms with van der Waals surface area (Å²) in [4.78, 5) is 54.4. The number of carbonyl (C=O) groups is 2. The van der Waals surface area contributed by atoms with Gasteiger partial charge in [-0.05, 0) is 67.2 Å². The van der Waals surface area contributed by atoms with Crippen molar-refractivity contribution in [3.63, 3.8) is 0 Å². The number of hydrogen-bond donors (Lipinski definition) is 3. The number of aromatic nitrogens is 5. The fraction of sp³-hybridized carbons (Fsp3) is 0.488. The van der Waals surface area contributed by atoms with Crippen molar-refractivity contribution in [2.75, 3.05) is 72.9 Å². The van der Waals surface area contributed by atoms with Gasteiger partial charge in [0.25, 0.3) is 5.56 Å². The van der Waals surface area contributed by atoms with Crippen molar-refractivity contribution in [3.05, 3.63) is 63.7 Å². The third-order valence-corrected chi connectivity index (χ3v) is 14.2. The molecule has 3 aromatic heterocycles. The summed E-state index contributed by atoms with van der Waals surface area (Å²) in [5.74, 6) is -1.59. The summed E-state index contributed by atoms with van der Waals surface area (Å²) in [6, 6.07) is 10.5. The molecule has 2 amide bonds. The van der Waals surface area contributed by atoms with Gasteiger partial charge in [-0.25, -0.2) is 13.8 Å². The van der Waals surface area contributed by atoms with Crippen LogP contribution >= 0.6 is 11.6 Å². The molecule has 18 heteroatoms. The number of pyridine rings is 1. The highest BCUT2D eigenvalue weighted by atomic mass is 35.5. The molecule has 0 bridgehead atoms. The summed E-state index contributed by atoms with van der Waals surface area (Å²) in [5.41, 5.74) is 3.87. The third-order valence-electron chi connectivity index (χ3n) is 13.9. The number of para-hydroxylation sites is 1. The van der Waals surface area contributed by atoms with Gasteiger partial charge in [-0.3, -0.25) is 29.3 Å². The van der Waals surface area contributed by atoms with E-state index in [2.05, 4.69) is 41.7 Å². The van der Waals surface area contributed by atoms with Crippen molar-refractivity contribution < 1.29 is 23.1 Å². The number of alkyl halides is 2. The van der Waals surface area contributed by atoms with Crippen LogP contribution in [0.3, 0.4) is 0 Å². The van der Waals surface area contributed by atoms with Gasteiger partial charge in [0.1, 0.15) is 5.02 Å². The maximum Gasteiger partial charge on any atom is 0.301 e. The van der Waals surface area contributed by atoms with E-state index in [1.807, 2.05) is 36.0 Å². The Kier molecular flexibility index (Phi) is 8.97. The molecule has 61 heavy (non-hydrogen) atoms. The number of piperidine rings is 2. The predicted octanol–water partition coefficient (Wildman–Crippen LogP) is 4.86. The lowest BCUT2D eigenvalue weighted by molar-refractivity contribution is -0.134. The lowest BCUT2D eigenvalue weighted by Gasteiger charge is -2.37. The van der Waals surface area contributed by atoms with Crippen LogP contribution in [0, 0.1) is 23.7 Å². The van der Waals surface area contributed by atoms with Crippen LogP contribution in [-0.4, -0.2) is 105 Å². The van der Waals surface area contributed by atoms with E-state index < -0.39 is 30.0 Å². The average molecular weight is 854 g/mol. The van der Waals surface area contributed by atoms with Gasteiger partial charge in [0.2, 0.25) is 23.5 Å². The Bertz CT molecular complexity index is 2680. The molecule has 5 fully saturated rings. The molecule has 2 saturated carbocycles. The van der Waals surface area contributed by atoms with Crippen molar-refractivity contribution in [2.45, 2.75) is 43.6 Å². The highest BCUT2D eigenvalue weighted by Crippen LogP contribution is 2.53. The number of amides is 2. The van der Waals surface area contributed by atoms with Crippen LogP contribution < -0.4 is 36.0 Å². The van der Waals surface area contributed by atoms with Crippen molar-refractivity contribution in [3.8, 4) is 5.75 Å². The molecule has 4 aliphatic heterocycles. The second-order valence-corrected chi connectivity index (χ2v) is 18.1. The first-order valence-electron chi connectivity index (χ1n) is 21.2. The molecule has 11 rings (SSSR count). The molecule has 0 radical (unpaired) electrons. The smallest absolute Gasteiger partial charge is 0.301 e. The van der Waals surface area contributed by atoms with E-state index in [1.54, 1.807) is 19.3 Å². The largest absolute Gasteiger partial charge is 0.480 e. The molecule has 6 aliphatic rings. The van der Waals surface area contributed by atoms with Crippen molar-refractivity contribution >= 4 is 74.0 Å². The standard InChI is InChI=1S/C43H46ClF2N11O4/c1-53-31-10-8-23(16-26(31)35-37(41(53)60)61-21-43(45,46)38(50-35)22-6-7-22)48-39-30(44)17-47-42(51-39)57-19-28-27(29(28)20-57)18-55-12-14-56(15-13-55)32-5-3-4-24-34(52-54(2)36(24)32)25-9-11-33(58)49-40(25)59/h3-5,8,10,16-17,22,25,27-29,38,50H,6-7,9,11-15,18-21H2,1-2H3,(H,47,48,51)(H,49,58,59)/t25?,27-,28-,29+,38-/m0/s1. The van der Waals surface area contributed by atoms with E-state index >= 15 is 8.78 Å². The van der Waals surface area contributed by atoms with Gasteiger partial charge < -0.3 is 29.7 Å². The minimum absolute atomic E-state index is 0.104. The number of nitrogens with zero attached hydrogens (tertiary/aromatic N) is 8. The Morgan fingerprint density at radius 1 is 0.984 bits per heavy atom. The van der Waals surface area contributed by atoms with Crippen LogP contribution in [0.25, 0.3) is 21.8 Å². The van der Waals surface area contributed by atoms with Crippen molar-refractivity contribution in [1.29, 1.82) is 0 Å². The monoisotopic (exact) mass is 853 g/mol. The Morgan fingerprint density at radius 2 is 1.77 bits per heavy atom. The number of hydrogen-bond acceptors (Lipinski definition) is 12. The minimum atomic E-state index is -3.13. The quantitative estimate of drug-likeness (QED) is 0.183. The number of rotatable bonds is 8. The maximum atomic E-state index is 15.2. The SMILES string of the molecule is Cn1nc(C2CCC(=O)NC2=O)c2cccc(N3CCN(C[C@@H]4[C@H]5CN(c6ncc(Cl)c(Nc7ccc8c(c7)c7c(c(=O)n8C)OCC(F)(F)[C@H](C8CC8)N7)n6)C[C@@H]45)CC3)c21. The maximum absolute atomic E-state index is 15.2. The minimum Gasteiger partial charge on any atom is -0.480 e. The zero-order valence-electron chi connectivity index (χ0n) is 33.8. The normalized spacial score (nSPS) is 26.1. The number of piperazine rings is 1. The first kappa shape index (κ1) is 38.4. The van der Waals surface area contributed by atoms with Crippen LogP contribution in [-0.2, 0) is 23.7 Å². The van der Waals surface area contributed by atoms with Gasteiger partial charge in [0.05, 0.1) is 46.3 Å². The lowest BCUT2D eigenvalue weighted by atomic mass is 9.92. The molecule has 3 N–H and O–H groups in total. The number of fused-ring (bicyclic) bond motifs is 5. The highest BCUT2D eigenvalue weighted by molar-refractivity contribution is 6.33. The van der Waals surface area contributed by atoms with E-state index in [0.717, 1.165) is 68.1 Å². The first-order valence-corrected chi connectivity index (χ1v) is 21.5. The van der Waals surface area contributed by atoms with Gasteiger partial charge in [-0.15, -0.1) is 0 Å². The van der Waals surface area contributed by atoms with Gasteiger partial charge in [0.15, 0.2) is 12.4 Å². The van der Waals surface area contributed by atoms with Crippen molar-refractivity contribution in [2.24, 2.45) is 37.8 Å². The fourth-order valence-corrected chi connectivity index (χ4v) is 10.5. The zero-order chi connectivity index (χ0) is 41.9. The van der Waals surface area contributed by atoms with Crippen LogP contribution in [0.1, 0.15) is 37.3 Å². The second-order valence-electron chi connectivity index (χ2n) is 17.7. The molecule has 0 spiro atoms. The lowest BCUT2D eigenvalue weighted by Crippen LogP contribution is -2.47. The van der Waals surface area contributed by atoms with Crippen LogP contribution in [0.15, 0.2) is 47.4 Å². The molecule has 5 aromatic rings. The predicted molar refractivity (Wildman–Crippen MR) is 227 cm³/mol. The van der Waals surface area contributed by atoms with Gasteiger partial charge in [-0.2, -0.15) is 10.1 Å². The highest BCUT2D eigenvalue weighted by Gasteiger charge is 2.56. The van der Waals surface area contributed by atoms with E-state index in [0.29, 0.717) is 76.8 Å². The molecule has 15 nitrogen and oxygen atoms in total. The summed E-state index contributed by atoms with van der Waals surface area (Å²) < 4.78 is 39.1. The molecule has 1 unspecified atom stereocenters. The summed E-state index contributed by atoms with van der Waals surface area (Å²) in [7, 11) is 3.53. The number of ether oxygens (including phenoxy) is 1. The van der Waals surface area contributed by atoms with E-state index in [4.69, 9.17) is 26.4 Å². The number of imide groups is 1. The number of nitrogens with one attached hydrogen (secondary N) is 3. The summed E-state index contributed by atoms with van der Waals surface area (Å²) in [6.07, 6.45) is 3.79. The number of benzene rings is 2. The van der Waals surface area contributed by atoms with Crippen LogP contribution in [0.2, 0.25) is 5.02 Å². The Morgan fingerprint density at radius 3 is 2.52 bits per heavy atom. The molecular weight excluding hydrogens is 808 g/mol. The topological polar surface area (TPSA) is 155 Å². The molecular formula is C43H46ClF2N11O4. The molecule has 7 heterocycles. The molecule has 2 aliphatic carbocycles. The van der Waals surface area contributed by atoms with Gasteiger partial charge >= 0.3 is 5.92 Å². The molecule has 318 valence electrons. The number of aryl methyl sites for hydroxylation is 2. The van der Waals surface area contributed by atoms with Gasteiger partial charge in [-0.1, -0.05) is 23.7 Å². The number of halogens is 3. The van der Waals surface area contributed by atoms with E-state index in [-0.39, 0.29) is 29.2 Å². The van der Waals surface area contributed by atoms with Crippen LogP contribution in [0.5, 0.6) is 5.75 Å². The van der Waals surface area contributed by atoms with Gasteiger partial charge in [0, 0.05) is 82.8 Å². The third kappa shape index (κ3) is 6.62. The zero-order valence-corrected chi connectivity index (χ0v) is 34.6. The number of carbonyl (C=O) groups excluding carboxylic acids is 2. The molecule has 2 aromatic carbocycles. The van der Waals surface area contributed by atoms with E-state index in [9.17, 15) is 14.4 Å². The summed E-state index contributed by atoms with van der Waals surface area (Å²) in [5, 5.41) is 15.5. The Hall–Kier alpha value is -5.55. The Balaban J connectivity index is 0.735. The van der Waals surface area contributed by atoms with Crippen molar-refractivity contribution in [1.82, 2.24) is 34.5 Å².